The highest BCUT2D eigenvalue weighted by Crippen LogP contribution is 2.24. The van der Waals surface area contributed by atoms with Gasteiger partial charge in [-0.2, -0.15) is 5.10 Å². The zero-order chi connectivity index (χ0) is 16.4. The number of ether oxygens (including phenoxy) is 1. The molecule has 1 aromatic heterocycles. The number of rotatable bonds is 5. The Kier molecular flexibility index (Phi) is 5.02. The minimum Gasteiger partial charge on any atom is -0.380 e. The molecule has 3 heterocycles. The van der Waals surface area contributed by atoms with Crippen LogP contribution in [0.2, 0.25) is 0 Å². The van der Waals surface area contributed by atoms with E-state index in [-0.39, 0.29) is 24.1 Å². The molecule has 2 atom stereocenters. The molecule has 0 radical (unpaired) electrons. The molecule has 6 heteroatoms. The average Bonchev–Trinajstić information content (AvgIpc) is 3.27. The van der Waals surface area contributed by atoms with Crippen molar-refractivity contribution in [1.82, 2.24) is 19.6 Å². The summed E-state index contributed by atoms with van der Waals surface area (Å²) < 4.78 is 7.37. The number of carbonyl (C=O) groups is 1. The molecule has 1 aromatic rings. The zero-order valence-electron chi connectivity index (χ0n) is 14.4. The monoisotopic (exact) mass is 320 g/mol. The number of aromatic nitrogens is 2. The van der Waals surface area contributed by atoms with Crippen LogP contribution in [0.15, 0.2) is 12.3 Å². The topological polar surface area (TPSA) is 50.6 Å². The molecule has 1 amide bonds. The van der Waals surface area contributed by atoms with Crippen molar-refractivity contribution >= 4 is 5.91 Å². The Morgan fingerprint density at radius 1 is 1.39 bits per heavy atom. The van der Waals surface area contributed by atoms with Gasteiger partial charge in [-0.05, 0) is 52.3 Å². The summed E-state index contributed by atoms with van der Waals surface area (Å²) in [4.78, 5) is 17.3. The van der Waals surface area contributed by atoms with Gasteiger partial charge in [0.1, 0.15) is 5.69 Å². The van der Waals surface area contributed by atoms with Crippen molar-refractivity contribution in [2.45, 2.75) is 51.3 Å². The summed E-state index contributed by atoms with van der Waals surface area (Å²) in [6.45, 7) is 8.05. The Hall–Kier alpha value is -1.40. The molecular weight excluding hydrogens is 292 g/mol. The van der Waals surface area contributed by atoms with Gasteiger partial charge in [0, 0.05) is 38.5 Å². The third-order valence-corrected chi connectivity index (χ3v) is 4.99. The molecule has 0 unspecified atom stereocenters. The van der Waals surface area contributed by atoms with Crippen LogP contribution in [0.3, 0.4) is 0 Å². The van der Waals surface area contributed by atoms with Gasteiger partial charge >= 0.3 is 0 Å². The SMILES string of the molecule is CO[C@H]1C[C@@H](CN2CCCC2)N(C(=O)c2ccn(C(C)C)n2)C1. The molecule has 23 heavy (non-hydrogen) atoms. The van der Waals surface area contributed by atoms with Gasteiger partial charge in [0.25, 0.3) is 5.91 Å². The van der Waals surface area contributed by atoms with Crippen molar-refractivity contribution in [3.05, 3.63) is 18.0 Å². The van der Waals surface area contributed by atoms with Crippen LogP contribution in [-0.4, -0.2) is 70.9 Å². The number of methoxy groups -OCH3 is 1. The molecule has 2 fully saturated rings. The van der Waals surface area contributed by atoms with Gasteiger partial charge in [0.15, 0.2) is 0 Å². The molecule has 128 valence electrons. The largest absolute Gasteiger partial charge is 0.380 e. The van der Waals surface area contributed by atoms with Gasteiger partial charge in [0.2, 0.25) is 0 Å². The number of hydrogen-bond donors (Lipinski definition) is 0. The van der Waals surface area contributed by atoms with Crippen LogP contribution < -0.4 is 0 Å². The number of likely N-dealkylation sites (tertiary alicyclic amines) is 2. The summed E-state index contributed by atoms with van der Waals surface area (Å²) in [5.74, 6) is 0.0353. The first-order valence-electron chi connectivity index (χ1n) is 8.69. The minimum absolute atomic E-state index is 0.0353. The average molecular weight is 320 g/mol. The first kappa shape index (κ1) is 16.5. The molecule has 0 bridgehead atoms. The predicted molar refractivity (Wildman–Crippen MR) is 88.5 cm³/mol. The van der Waals surface area contributed by atoms with Gasteiger partial charge in [-0.15, -0.1) is 0 Å². The maximum atomic E-state index is 12.9. The van der Waals surface area contributed by atoms with E-state index in [1.54, 1.807) is 7.11 Å². The van der Waals surface area contributed by atoms with Crippen molar-refractivity contribution in [2.24, 2.45) is 0 Å². The normalized spacial score (nSPS) is 25.7. The molecule has 0 N–H and O–H groups in total. The fraction of sp³-hybridized carbons (Fsp3) is 0.765. The highest BCUT2D eigenvalue weighted by Gasteiger charge is 2.37. The Morgan fingerprint density at radius 2 is 2.13 bits per heavy atom. The van der Waals surface area contributed by atoms with E-state index >= 15 is 0 Å². The van der Waals surface area contributed by atoms with Crippen LogP contribution in [0, 0.1) is 0 Å². The fourth-order valence-electron chi connectivity index (χ4n) is 3.62. The van der Waals surface area contributed by atoms with Crippen LogP contribution in [0.5, 0.6) is 0 Å². The predicted octanol–water partition coefficient (Wildman–Crippen LogP) is 1.79. The molecule has 2 aliphatic heterocycles. The fourth-order valence-corrected chi connectivity index (χ4v) is 3.62. The number of carbonyl (C=O) groups excluding carboxylic acids is 1. The molecule has 2 saturated heterocycles. The van der Waals surface area contributed by atoms with Gasteiger partial charge in [0.05, 0.1) is 6.10 Å². The van der Waals surface area contributed by atoms with E-state index in [1.165, 1.54) is 12.8 Å². The first-order chi connectivity index (χ1) is 11.1. The summed E-state index contributed by atoms with van der Waals surface area (Å²) in [6, 6.07) is 2.33. The maximum Gasteiger partial charge on any atom is 0.274 e. The lowest BCUT2D eigenvalue weighted by molar-refractivity contribution is 0.0663. The van der Waals surface area contributed by atoms with Crippen molar-refractivity contribution in [3.63, 3.8) is 0 Å². The molecule has 3 rings (SSSR count). The van der Waals surface area contributed by atoms with Crippen LogP contribution in [-0.2, 0) is 4.74 Å². The minimum atomic E-state index is 0.0353. The summed E-state index contributed by atoms with van der Waals surface area (Å²) in [5, 5.41) is 4.44. The molecule has 0 spiro atoms. The van der Waals surface area contributed by atoms with E-state index in [0.29, 0.717) is 12.2 Å². The van der Waals surface area contributed by atoms with Crippen LogP contribution in [0.4, 0.5) is 0 Å². The second kappa shape index (κ2) is 7.01. The molecule has 6 nitrogen and oxygen atoms in total. The highest BCUT2D eigenvalue weighted by atomic mass is 16.5. The number of amides is 1. The Bertz CT molecular complexity index is 536. The van der Waals surface area contributed by atoms with E-state index in [9.17, 15) is 4.79 Å². The van der Waals surface area contributed by atoms with Crippen LogP contribution in [0.1, 0.15) is 49.6 Å². The van der Waals surface area contributed by atoms with Gasteiger partial charge in [-0.25, -0.2) is 0 Å². The van der Waals surface area contributed by atoms with Gasteiger partial charge < -0.3 is 14.5 Å². The Balaban J connectivity index is 1.72. The van der Waals surface area contributed by atoms with Crippen LogP contribution in [0.25, 0.3) is 0 Å². The molecule has 0 saturated carbocycles. The van der Waals surface area contributed by atoms with E-state index in [4.69, 9.17) is 4.74 Å². The second-order valence-electron chi connectivity index (χ2n) is 6.99. The van der Waals surface area contributed by atoms with Gasteiger partial charge in [-0.3, -0.25) is 9.48 Å². The smallest absolute Gasteiger partial charge is 0.274 e. The summed E-state index contributed by atoms with van der Waals surface area (Å²) >= 11 is 0. The quantitative estimate of drug-likeness (QED) is 0.830. The number of nitrogens with zero attached hydrogens (tertiary/aromatic N) is 4. The lowest BCUT2D eigenvalue weighted by atomic mass is 10.2. The van der Waals surface area contributed by atoms with E-state index in [0.717, 1.165) is 26.1 Å². The Labute approximate surface area is 138 Å². The van der Waals surface area contributed by atoms with E-state index in [1.807, 2.05) is 21.8 Å². The zero-order valence-corrected chi connectivity index (χ0v) is 14.4. The summed E-state index contributed by atoms with van der Waals surface area (Å²) in [5.41, 5.74) is 0.543. The summed E-state index contributed by atoms with van der Waals surface area (Å²) in [6.07, 6.45) is 5.49. The van der Waals surface area contributed by atoms with Crippen molar-refractivity contribution in [3.8, 4) is 0 Å². The molecular formula is C17H28N4O2. The van der Waals surface area contributed by atoms with Crippen molar-refractivity contribution < 1.29 is 9.53 Å². The van der Waals surface area contributed by atoms with Crippen LogP contribution >= 0.6 is 0 Å². The Morgan fingerprint density at radius 3 is 2.74 bits per heavy atom. The maximum absolute atomic E-state index is 12.9. The lowest BCUT2D eigenvalue weighted by Gasteiger charge is -2.27. The lowest BCUT2D eigenvalue weighted by Crippen LogP contribution is -2.42. The second-order valence-corrected chi connectivity index (χ2v) is 6.99. The molecule has 0 aromatic carbocycles. The third-order valence-electron chi connectivity index (χ3n) is 4.99. The van der Waals surface area contributed by atoms with Crippen molar-refractivity contribution in [1.29, 1.82) is 0 Å². The third kappa shape index (κ3) is 3.58. The van der Waals surface area contributed by atoms with E-state index < -0.39 is 0 Å². The van der Waals surface area contributed by atoms with Gasteiger partial charge in [-0.1, -0.05) is 0 Å². The standard InChI is InChI=1S/C17H28N4O2/c1-13(2)21-9-6-16(18-21)17(22)20-12-15(23-3)10-14(20)11-19-7-4-5-8-19/h6,9,13-15H,4-5,7-8,10-12H2,1-3H3/t14-,15-/m0/s1. The number of hydrogen-bond acceptors (Lipinski definition) is 4. The molecule has 2 aliphatic rings. The van der Waals surface area contributed by atoms with E-state index in [2.05, 4.69) is 23.8 Å². The first-order valence-corrected chi connectivity index (χ1v) is 8.69. The van der Waals surface area contributed by atoms with Crippen molar-refractivity contribution in [2.75, 3.05) is 33.3 Å². The highest BCUT2D eigenvalue weighted by molar-refractivity contribution is 5.92. The summed E-state index contributed by atoms with van der Waals surface area (Å²) in [7, 11) is 1.74. The molecule has 0 aliphatic carbocycles.